The summed E-state index contributed by atoms with van der Waals surface area (Å²) in [5.74, 6) is 6.60. The van der Waals surface area contributed by atoms with Crippen LogP contribution in [0.15, 0.2) is 21.9 Å². The molecule has 90 valence electrons. The largest absolute Gasteiger partial charge is 0.308 e. The number of nitrogens with two attached hydrogens (primary N) is 1. The Morgan fingerprint density at radius 3 is 2.94 bits per heavy atom. The second-order valence-electron chi connectivity index (χ2n) is 3.31. The SMILES string of the molecule is Cc1csc(SCc2nc(NN)ccc2Cl)n1. The van der Waals surface area contributed by atoms with E-state index in [2.05, 4.69) is 15.4 Å². The lowest BCUT2D eigenvalue weighted by Crippen LogP contribution is -2.09. The number of halogens is 1. The fourth-order valence-electron chi connectivity index (χ4n) is 1.19. The average molecular weight is 287 g/mol. The second-order valence-corrected chi connectivity index (χ2v) is 5.80. The molecular formula is C10H11ClN4S2. The molecule has 4 nitrogen and oxygen atoms in total. The zero-order chi connectivity index (χ0) is 12.3. The van der Waals surface area contributed by atoms with Crippen molar-refractivity contribution in [3.05, 3.63) is 33.9 Å². The molecule has 7 heteroatoms. The molecule has 2 aromatic rings. The van der Waals surface area contributed by atoms with Crippen LogP contribution in [0.1, 0.15) is 11.4 Å². The van der Waals surface area contributed by atoms with E-state index in [1.54, 1.807) is 35.2 Å². The van der Waals surface area contributed by atoms with Gasteiger partial charge in [-0.25, -0.2) is 15.8 Å². The number of nitrogens with zero attached hydrogens (tertiary/aromatic N) is 2. The van der Waals surface area contributed by atoms with E-state index in [0.717, 1.165) is 15.7 Å². The van der Waals surface area contributed by atoms with Crippen molar-refractivity contribution < 1.29 is 0 Å². The van der Waals surface area contributed by atoms with Crippen molar-refractivity contribution in [1.82, 2.24) is 9.97 Å². The van der Waals surface area contributed by atoms with Crippen molar-refractivity contribution in [2.45, 2.75) is 17.0 Å². The molecule has 0 saturated carbocycles. The van der Waals surface area contributed by atoms with Crippen LogP contribution in [0.4, 0.5) is 5.82 Å². The molecule has 0 unspecified atom stereocenters. The summed E-state index contributed by atoms with van der Waals surface area (Å²) >= 11 is 9.31. The van der Waals surface area contributed by atoms with Crippen LogP contribution in [-0.4, -0.2) is 9.97 Å². The van der Waals surface area contributed by atoms with E-state index in [9.17, 15) is 0 Å². The first kappa shape index (κ1) is 12.6. The highest BCUT2D eigenvalue weighted by Crippen LogP contribution is 2.28. The van der Waals surface area contributed by atoms with Gasteiger partial charge in [-0.3, -0.25) is 0 Å². The van der Waals surface area contributed by atoms with Crippen molar-refractivity contribution in [3.8, 4) is 0 Å². The number of nitrogen functional groups attached to an aromatic ring is 1. The van der Waals surface area contributed by atoms with Crippen LogP contribution in [0, 0.1) is 6.92 Å². The maximum atomic E-state index is 6.06. The first-order valence-corrected chi connectivity index (χ1v) is 7.10. The quantitative estimate of drug-likeness (QED) is 0.514. The molecule has 17 heavy (non-hydrogen) atoms. The molecule has 0 aliphatic rings. The molecule has 2 heterocycles. The lowest BCUT2D eigenvalue weighted by Gasteiger charge is -2.04. The van der Waals surface area contributed by atoms with E-state index in [4.69, 9.17) is 17.4 Å². The molecule has 0 aliphatic heterocycles. The lowest BCUT2D eigenvalue weighted by molar-refractivity contribution is 1.13. The number of hydrazine groups is 1. The number of rotatable bonds is 4. The van der Waals surface area contributed by atoms with Gasteiger partial charge >= 0.3 is 0 Å². The molecule has 0 amide bonds. The molecule has 0 bridgehead atoms. The van der Waals surface area contributed by atoms with Crippen LogP contribution >= 0.6 is 34.7 Å². The first-order valence-electron chi connectivity index (χ1n) is 4.86. The Morgan fingerprint density at radius 1 is 1.47 bits per heavy atom. The third-order valence-electron chi connectivity index (χ3n) is 2.00. The summed E-state index contributed by atoms with van der Waals surface area (Å²) in [7, 11) is 0. The average Bonchev–Trinajstić information content (AvgIpc) is 2.74. The van der Waals surface area contributed by atoms with Crippen molar-refractivity contribution in [3.63, 3.8) is 0 Å². The van der Waals surface area contributed by atoms with Gasteiger partial charge in [0.25, 0.3) is 0 Å². The molecular weight excluding hydrogens is 276 g/mol. The molecule has 0 atom stereocenters. The summed E-state index contributed by atoms with van der Waals surface area (Å²) in [4.78, 5) is 8.67. The molecule has 0 fully saturated rings. The smallest absolute Gasteiger partial charge is 0.150 e. The number of anilines is 1. The minimum Gasteiger partial charge on any atom is -0.308 e. The molecule has 2 rings (SSSR count). The Labute approximate surface area is 113 Å². The van der Waals surface area contributed by atoms with Gasteiger partial charge in [-0.05, 0) is 19.1 Å². The van der Waals surface area contributed by atoms with Gasteiger partial charge in [0, 0.05) is 16.8 Å². The van der Waals surface area contributed by atoms with Crippen molar-refractivity contribution in [2.24, 2.45) is 5.84 Å². The highest BCUT2D eigenvalue weighted by atomic mass is 35.5. The first-order chi connectivity index (χ1) is 8.19. The van der Waals surface area contributed by atoms with E-state index >= 15 is 0 Å². The summed E-state index contributed by atoms with van der Waals surface area (Å²) in [6.07, 6.45) is 0. The summed E-state index contributed by atoms with van der Waals surface area (Å²) in [5.41, 5.74) is 4.35. The van der Waals surface area contributed by atoms with E-state index in [1.807, 2.05) is 12.3 Å². The zero-order valence-corrected chi connectivity index (χ0v) is 11.5. The molecule has 0 spiro atoms. The van der Waals surface area contributed by atoms with Crippen LogP contribution in [0.5, 0.6) is 0 Å². The summed E-state index contributed by atoms with van der Waals surface area (Å²) in [6, 6.07) is 3.52. The maximum Gasteiger partial charge on any atom is 0.150 e. The second kappa shape index (κ2) is 5.68. The third kappa shape index (κ3) is 3.32. The minimum atomic E-state index is 0.611. The lowest BCUT2D eigenvalue weighted by atomic mass is 10.4. The standard InChI is InChI=1S/C10H11ClN4S2/c1-6-4-16-10(13-6)17-5-8-7(11)2-3-9(14-8)15-12/h2-4H,5,12H2,1H3,(H,14,15). The van der Waals surface area contributed by atoms with Gasteiger partial charge < -0.3 is 5.43 Å². The van der Waals surface area contributed by atoms with E-state index in [0.29, 0.717) is 16.6 Å². The molecule has 2 aromatic heterocycles. The van der Waals surface area contributed by atoms with Gasteiger partial charge in [-0.2, -0.15) is 0 Å². The Kier molecular flexibility index (Phi) is 4.22. The van der Waals surface area contributed by atoms with Gasteiger partial charge in [-0.15, -0.1) is 11.3 Å². The highest BCUT2D eigenvalue weighted by Gasteiger charge is 2.06. The fraction of sp³-hybridized carbons (Fsp3) is 0.200. The van der Waals surface area contributed by atoms with Gasteiger partial charge in [-0.1, -0.05) is 23.4 Å². The predicted octanol–water partition coefficient (Wildman–Crippen LogP) is 3.08. The van der Waals surface area contributed by atoms with Crippen LogP contribution < -0.4 is 11.3 Å². The molecule has 0 aromatic carbocycles. The maximum absolute atomic E-state index is 6.06. The van der Waals surface area contributed by atoms with Crippen LogP contribution in [0.25, 0.3) is 0 Å². The number of nitrogens with one attached hydrogen (secondary N) is 1. The van der Waals surface area contributed by atoms with Crippen molar-refractivity contribution >= 4 is 40.5 Å². The molecule has 0 saturated heterocycles. The van der Waals surface area contributed by atoms with Gasteiger partial charge in [0.2, 0.25) is 0 Å². The number of thiazole rings is 1. The van der Waals surface area contributed by atoms with E-state index in [-0.39, 0.29) is 0 Å². The minimum absolute atomic E-state index is 0.611. The number of aryl methyl sites for hydroxylation is 1. The molecule has 0 aliphatic carbocycles. The number of hydrogen-bond donors (Lipinski definition) is 2. The Hall–Kier alpha value is -0.820. The normalized spacial score (nSPS) is 10.5. The number of thioether (sulfide) groups is 1. The highest BCUT2D eigenvalue weighted by molar-refractivity contribution is 8.00. The van der Waals surface area contributed by atoms with Crippen molar-refractivity contribution in [2.75, 3.05) is 5.43 Å². The topological polar surface area (TPSA) is 63.8 Å². The summed E-state index contributed by atoms with van der Waals surface area (Å²) in [6.45, 7) is 1.98. The van der Waals surface area contributed by atoms with Crippen LogP contribution in [-0.2, 0) is 5.75 Å². The van der Waals surface area contributed by atoms with E-state index < -0.39 is 0 Å². The van der Waals surface area contributed by atoms with Gasteiger partial charge in [0.05, 0.1) is 10.7 Å². The fourth-order valence-corrected chi connectivity index (χ4v) is 3.25. The Morgan fingerprint density at radius 2 is 2.29 bits per heavy atom. The van der Waals surface area contributed by atoms with Crippen molar-refractivity contribution in [1.29, 1.82) is 0 Å². The van der Waals surface area contributed by atoms with Gasteiger partial charge in [0.1, 0.15) is 10.2 Å². The number of aromatic nitrogens is 2. The van der Waals surface area contributed by atoms with Crippen LogP contribution in [0.3, 0.4) is 0 Å². The third-order valence-corrected chi connectivity index (χ3v) is 4.49. The summed E-state index contributed by atoms with van der Waals surface area (Å²) in [5, 5.41) is 2.67. The Bertz CT molecular complexity index is 515. The predicted molar refractivity (Wildman–Crippen MR) is 73.5 cm³/mol. The van der Waals surface area contributed by atoms with Crippen LogP contribution in [0.2, 0.25) is 5.02 Å². The number of pyridine rings is 1. The Balaban J connectivity index is 2.07. The number of hydrogen-bond acceptors (Lipinski definition) is 6. The molecule has 3 N–H and O–H groups in total. The molecule has 0 radical (unpaired) electrons. The summed E-state index contributed by atoms with van der Waals surface area (Å²) < 4.78 is 1.02. The van der Waals surface area contributed by atoms with Gasteiger partial charge in [0.15, 0.2) is 0 Å². The monoisotopic (exact) mass is 286 g/mol. The zero-order valence-electron chi connectivity index (χ0n) is 9.11. The van der Waals surface area contributed by atoms with E-state index in [1.165, 1.54) is 0 Å².